The lowest BCUT2D eigenvalue weighted by Crippen LogP contribution is -2.41. The van der Waals surface area contributed by atoms with Crippen LogP contribution in [0.25, 0.3) is 16.7 Å². The van der Waals surface area contributed by atoms with Gasteiger partial charge < -0.3 is 9.64 Å². The van der Waals surface area contributed by atoms with Crippen LogP contribution in [0.3, 0.4) is 0 Å². The minimum absolute atomic E-state index is 0.00305. The molecule has 8 nitrogen and oxygen atoms in total. The molecular weight excluding hydrogens is 365 g/mol. The number of ether oxygens (including phenoxy) is 1. The summed E-state index contributed by atoms with van der Waals surface area (Å²) < 4.78 is 21.4. The van der Waals surface area contributed by atoms with Crippen LogP contribution in [0, 0.1) is 12.7 Å². The highest BCUT2D eigenvalue weighted by Crippen LogP contribution is 2.15. The van der Waals surface area contributed by atoms with Gasteiger partial charge in [-0.2, -0.15) is 5.10 Å². The second-order valence-electron chi connectivity index (χ2n) is 6.63. The smallest absolute Gasteiger partial charge is 0.264 e. The summed E-state index contributed by atoms with van der Waals surface area (Å²) in [5.74, 6) is 0.143. The molecule has 1 aliphatic rings. The van der Waals surface area contributed by atoms with Crippen LogP contribution in [0.1, 0.15) is 12.2 Å². The second kappa shape index (κ2) is 7.51. The molecule has 0 unspecified atom stereocenters. The van der Waals surface area contributed by atoms with Gasteiger partial charge in [-0.1, -0.05) is 0 Å². The maximum atomic E-state index is 13.2. The lowest BCUT2D eigenvalue weighted by atomic mass is 10.3. The number of amides is 1. The fraction of sp³-hybridized carbons (Fsp3) is 0.368. The molecule has 0 radical (unpaired) electrons. The molecule has 28 heavy (non-hydrogen) atoms. The number of halogens is 1. The lowest BCUT2D eigenvalue weighted by Gasteiger charge is -2.27. The SMILES string of the molecule is Cc1nc2c(cnn2-c2ccc(F)cc2)c(=O)n1CCC(=O)N1CCOCC1. The van der Waals surface area contributed by atoms with Crippen LogP contribution in [0.5, 0.6) is 0 Å². The van der Waals surface area contributed by atoms with Gasteiger partial charge in [0.1, 0.15) is 17.0 Å². The Kier molecular flexibility index (Phi) is 4.91. The molecule has 4 rings (SSSR count). The van der Waals surface area contributed by atoms with Gasteiger partial charge in [0.25, 0.3) is 5.56 Å². The summed E-state index contributed by atoms with van der Waals surface area (Å²) in [6.07, 6.45) is 1.67. The molecule has 1 aliphatic heterocycles. The molecule has 0 bridgehead atoms. The van der Waals surface area contributed by atoms with Crippen molar-refractivity contribution in [3.63, 3.8) is 0 Å². The topological polar surface area (TPSA) is 82.2 Å². The Bertz CT molecular complexity index is 1070. The molecule has 9 heteroatoms. The van der Waals surface area contributed by atoms with Crippen LogP contribution in [0.15, 0.2) is 35.3 Å². The number of rotatable bonds is 4. The zero-order valence-corrected chi connectivity index (χ0v) is 15.5. The van der Waals surface area contributed by atoms with Crippen molar-refractivity contribution in [2.45, 2.75) is 19.9 Å². The number of nitrogens with zero attached hydrogens (tertiary/aromatic N) is 5. The summed E-state index contributed by atoms with van der Waals surface area (Å²) in [4.78, 5) is 31.5. The van der Waals surface area contributed by atoms with Gasteiger partial charge in [-0.3, -0.25) is 14.2 Å². The molecule has 1 aromatic carbocycles. The third kappa shape index (κ3) is 3.40. The number of carbonyl (C=O) groups is 1. The van der Waals surface area contributed by atoms with Crippen LogP contribution < -0.4 is 5.56 Å². The molecule has 0 N–H and O–H groups in total. The van der Waals surface area contributed by atoms with E-state index in [-0.39, 0.29) is 30.2 Å². The molecule has 3 heterocycles. The number of carbonyl (C=O) groups excluding carboxylic acids is 1. The molecule has 146 valence electrons. The highest BCUT2D eigenvalue weighted by Gasteiger charge is 2.19. The standard InChI is InChI=1S/C19H20FN5O3/c1-13-22-18-16(12-21-25(18)15-4-2-14(20)3-5-15)19(27)24(13)7-6-17(26)23-8-10-28-11-9-23/h2-5,12H,6-11H2,1H3. The number of benzene rings is 1. The molecule has 1 fully saturated rings. The third-order valence-corrected chi connectivity index (χ3v) is 4.86. The Balaban J connectivity index is 1.61. The largest absolute Gasteiger partial charge is 0.378 e. The van der Waals surface area contributed by atoms with Crippen LogP contribution in [-0.2, 0) is 16.1 Å². The molecule has 0 aliphatic carbocycles. The van der Waals surface area contributed by atoms with Crippen molar-refractivity contribution < 1.29 is 13.9 Å². The van der Waals surface area contributed by atoms with Crippen LogP contribution in [0.4, 0.5) is 4.39 Å². The Hall–Kier alpha value is -3.07. The van der Waals surface area contributed by atoms with Gasteiger partial charge in [-0.15, -0.1) is 0 Å². The predicted molar refractivity (Wildman–Crippen MR) is 99.8 cm³/mol. The molecule has 1 amide bonds. The van der Waals surface area contributed by atoms with E-state index >= 15 is 0 Å². The van der Waals surface area contributed by atoms with E-state index in [4.69, 9.17) is 4.74 Å². The monoisotopic (exact) mass is 385 g/mol. The van der Waals surface area contributed by atoms with Crippen molar-refractivity contribution in [3.05, 3.63) is 52.5 Å². The van der Waals surface area contributed by atoms with Gasteiger partial charge in [0.2, 0.25) is 5.91 Å². The predicted octanol–water partition coefficient (Wildman–Crippen LogP) is 1.28. The van der Waals surface area contributed by atoms with E-state index in [2.05, 4.69) is 10.1 Å². The zero-order chi connectivity index (χ0) is 19.7. The van der Waals surface area contributed by atoms with E-state index in [1.54, 1.807) is 24.0 Å². The van der Waals surface area contributed by atoms with Gasteiger partial charge in [-0.05, 0) is 31.2 Å². The number of aromatic nitrogens is 4. The zero-order valence-electron chi connectivity index (χ0n) is 15.5. The minimum atomic E-state index is -0.350. The molecule has 2 aromatic heterocycles. The van der Waals surface area contributed by atoms with Gasteiger partial charge in [0.05, 0.1) is 25.1 Å². The van der Waals surface area contributed by atoms with Crippen molar-refractivity contribution in [2.24, 2.45) is 0 Å². The highest BCUT2D eigenvalue weighted by molar-refractivity contribution is 5.77. The Morgan fingerprint density at radius 2 is 1.93 bits per heavy atom. The quantitative estimate of drug-likeness (QED) is 0.676. The first-order chi connectivity index (χ1) is 13.5. The Morgan fingerprint density at radius 1 is 1.21 bits per heavy atom. The van der Waals surface area contributed by atoms with E-state index in [9.17, 15) is 14.0 Å². The van der Waals surface area contributed by atoms with Crippen LogP contribution in [-0.4, -0.2) is 56.4 Å². The van der Waals surface area contributed by atoms with E-state index < -0.39 is 0 Å². The van der Waals surface area contributed by atoms with Gasteiger partial charge >= 0.3 is 0 Å². The molecule has 0 atom stereocenters. The maximum absolute atomic E-state index is 13.2. The Morgan fingerprint density at radius 3 is 2.64 bits per heavy atom. The summed E-state index contributed by atoms with van der Waals surface area (Å²) in [6, 6.07) is 5.80. The van der Waals surface area contributed by atoms with Crippen molar-refractivity contribution in [3.8, 4) is 5.69 Å². The van der Waals surface area contributed by atoms with Gasteiger partial charge in [-0.25, -0.2) is 14.1 Å². The number of hydrogen-bond donors (Lipinski definition) is 0. The van der Waals surface area contributed by atoms with E-state index in [0.717, 1.165) is 0 Å². The first-order valence-corrected chi connectivity index (χ1v) is 9.11. The third-order valence-electron chi connectivity index (χ3n) is 4.86. The van der Waals surface area contributed by atoms with Crippen molar-refractivity contribution in [1.29, 1.82) is 0 Å². The summed E-state index contributed by atoms with van der Waals surface area (Å²) in [5.41, 5.74) is 0.776. The maximum Gasteiger partial charge on any atom is 0.264 e. The summed E-state index contributed by atoms with van der Waals surface area (Å²) in [7, 11) is 0. The summed E-state index contributed by atoms with van der Waals surface area (Å²) >= 11 is 0. The molecular formula is C19H20FN5O3. The average Bonchev–Trinajstić information content (AvgIpc) is 3.13. The number of hydrogen-bond acceptors (Lipinski definition) is 5. The average molecular weight is 385 g/mol. The molecule has 1 saturated heterocycles. The number of fused-ring (bicyclic) bond motifs is 1. The fourth-order valence-electron chi connectivity index (χ4n) is 3.32. The van der Waals surface area contributed by atoms with Crippen molar-refractivity contribution in [1.82, 2.24) is 24.2 Å². The molecule has 0 spiro atoms. The lowest BCUT2D eigenvalue weighted by molar-refractivity contribution is -0.135. The Labute approximate surface area is 160 Å². The summed E-state index contributed by atoms with van der Waals surface area (Å²) in [6.45, 7) is 4.22. The fourth-order valence-corrected chi connectivity index (χ4v) is 3.32. The first-order valence-electron chi connectivity index (χ1n) is 9.11. The van der Waals surface area contributed by atoms with Crippen LogP contribution >= 0.6 is 0 Å². The second-order valence-corrected chi connectivity index (χ2v) is 6.63. The number of aryl methyl sites for hydroxylation is 1. The van der Waals surface area contributed by atoms with E-state index in [0.29, 0.717) is 48.8 Å². The molecule has 0 saturated carbocycles. The van der Waals surface area contributed by atoms with Gasteiger partial charge in [0, 0.05) is 26.1 Å². The highest BCUT2D eigenvalue weighted by atomic mass is 19.1. The summed E-state index contributed by atoms with van der Waals surface area (Å²) in [5, 5.41) is 4.59. The minimum Gasteiger partial charge on any atom is -0.378 e. The van der Waals surface area contributed by atoms with E-state index in [1.165, 1.54) is 27.6 Å². The van der Waals surface area contributed by atoms with Crippen LogP contribution in [0.2, 0.25) is 0 Å². The van der Waals surface area contributed by atoms with Gasteiger partial charge in [0.15, 0.2) is 5.65 Å². The van der Waals surface area contributed by atoms with Crippen molar-refractivity contribution >= 4 is 16.9 Å². The van der Waals surface area contributed by atoms with E-state index in [1.807, 2.05) is 0 Å². The number of morpholine rings is 1. The molecule has 3 aromatic rings. The normalized spacial score (nSPS) is 14.6. The first kappa shape index (κ1) is 18.3. The van der Waals surface area contributed by atoms with Crippen molar-refractivity contribution in [2.75, 3.05) is 26.3 Å².